The van der Waals surface area contributed by atoms with Crippen LogP contribution in [0, 0.1) is 0 Å². The van der Waals surface area contributed by atoms with Crippen LogP contribution in [0.5, 0.6) is 0 Å². The van der Waals surface area contributed by atoms with Gasteiger partial charge in [0.1, 0.15) is 0 Å². The van der Waals surface area contributed by atoms with E-state index in [1.165, 1.54) is 6.92 Å². The molecule has 1 aromatic rings. The number of alkyl halides is 6. The lowest BCUT2D eigenvalue weighted by Crippen LogP contribution is -2.19. The first-order valence-electron chi connectivity index (χ1n) is 4.64. The monoisotopic (exact) mass is 257 g/mol. The molecule has 0 amide bonds. The van der Waals surface area contributed by atoms with Crippen molar-refractivity contribution in [3.8, 4) is 0 Å². The zero-order valence-electron chi connectivity index (χ0n) is 8.71. The van der Waals surface area contributed by atoms with E-state index in [9.17, 15) is 26.3 Å². The van der Waals surface area contributed by atoms with Crippen molar-refractivity contribution >= 4 is 5.69 Å². The van der Waals surface area contributed by atoms with E-state index in [2.05, 4.69) is 0 Å². The highest BCUT2D eigenvalue weighted by molar-refractivity contribution is 5.55. The number of hydrogen-bond donors (Lipinski definition) is 1. The Hall–Kier alpha value is -1.40. The Morgan fingerprint density at radius 2 is 1.53 bits per heavy atom. The third-order valence-electron chi connectivity index (χ3n) is 2.29. The van der Waals surface area contributed by atoms with Crippen LogP contribution < -0.4 is 5.73 Å². The molecule has 0 aliphatic carbocycles. The fraction of sp³-hybridized carbons (Fsp3) is 0.400. The van der Waals surface area contributed by atoms with Gasteiger partial charge in [-0.3, -0.25) is 0 Å². The Balaban J connectivity index is 3.64. The van der Waals surface area contributed by atoms with E-state index in [1.807, 2.05) is 0 Å². The molecule has 0 aliphatic rings. The van der Waals surface area contributed by atoms with E-state index in [-0.39, 0.29) is 12.1 Å². The van der Waals surface area contributed by atoms with Crippen LogP contribution in [0.25, 0.3) is 0 Å². The number of rotatable bonds is 1. The average molecular weight is 257 g/mol. The fourth-order valence-electron chi connectivity index (χ4n) is 1.60. The predicted octanol–water partition coefficient (Wildman–Crippen LogP) is 3.87. The molecule has 7 heteroatoms. The molecule has 0 saturated heterocycles. The number of nitrogens with two attached hydrogens (primary N) is 1. The zero-order chi connectivity index (χ0) is 13.4. The lowest BCUT2D eigenvalue weighted by molar-refractivity contribution is -0.162. The van der Waals surface area contributed by atoms with Crippen molar-refractivity contribution in [1.82, 2.24) is 0 Å². The number of halogens is 6. The molecule has 0 aliphatic heterocycles. The predicted molar refractivity (Wildman–Crippen MR) is 50.2 cm³/mol. The molecular formula is C10H9F6N. The molecule has 0 atom stereocenters. The van der Waals surface area contributed by atoms with Crippen LogP contribution >= 0.6 is 0 Å². The maximum absolute atomic E-state index is 12.7. The third kappa shape index (κ3) is 2.65. The number of benzene rings is 1. The van der Waals surface area contributed by atoms with Gasteiger partial charge in [0.25, 0.3) is 0 Å². The van der Waals surface area contributed by atoms with E-state index in [0.717, 1.165) is 6.07 Å². The van der Waals surface area contributed by atoms with Gasteiger partial charge in [-0.15, -0.1) is 0 Å². The molecule has 0 radical (unpaired) electrons. The third-order valence-corrected chi connectivity index (χ3v) is 2.29. The molecule has 1 nitrogen and oxygen atoms in total. The highest BCUT2D eigenvalue weighted by atomic mass is 19.4. The number of hydrogen-bond acceptors (Lipinski definition) is 1. The van der Waals surface area contributed by atoms with Gasteiger partial charge in [0.2, 0.25) is 0 Å². The quantitative estimate of drug-likeness (QED) is 0.599. The zero-order valence-corrected chi connectivity index (χ0v) is 8.71. The van der Waals surface area contributed by atoms with Gasteiger partial charge >= 0.3 is 12.4 Å². The first kappa shape index (κ1) is 13.7. The second-order valence-corrected chi connectivity index (χ2v) is 3.40. The second kappa shape index (κ2) is 4.12. The summed E-state index contributed by atoms with van der Waals surface area (Å²) in [4.78, 5) is 0. The summed E-state index contributed by atoms with van der Waals surface area (Å²) in [7, 11) is 0. The minimum atomic E-state index is -5.08. The average Bonchev–Trinajstić information content (AvgIpc) is 2.13. The maximum atomic E-state index is 12.7. The Labute approximate surface area is 93.2 Å². The Morgan fingerprint density at radius 1 is 1.00 bits per heavy atom. The summed E-state index contributed by atoms with van der Waals surface area (Å²) in [6, 6.07) is 1.20. The molecule has 17 heavy (non-hydrogen) atoms. The van der Waals surface area contributed by atoms with Crippen LogP contribution in [0.3, 0.4) is 0 Å². The molecule has 0 spiro atoms. The molecule has 0 bridgehead atoms. The highest BCUT2D eigenvalue weighted by Crippen LogP contribution is 2.43. The second-order valence-electron chi connectivity index (χ2n) is 3.40. The summed E-state index contributed by atoms with van der Waals surface area (Å²) in [6.45, 7) is 1.32. The lowest BCUT2D eigenvalue weighted by atomic mass is 9.96. The molecule has 0 fully saturated rings. The Bertz CT molecular complexity index is 418. The SMILES string of the molecule is CCc1c(N)ccc(C(F)(F)F)c1C(F)(F)F. The van der Waals surface area contributed by atoms with E-state index >= 15 is 0 Å². The van der Waals surface area contributed by atoms with Gasteiger partial charge < -0.3 is 5.73 Å². The minimum Gasteiger partial charge on any atom is -0.398 e. The van der Waals surface area contributed by atoms with E-state index in [4.69, 9.17) is 5.73 Å². The number of anilines is 1. The van der Waals surface area contributed by atoms with Gasteiger partial charge in [-0.1, -0.05) is 6.92 Å². The standard InChI is InChI=1S/C10H9F6N/c1-2-5-7(17)4-3-6(9(11,12)13)8(5)10(14,15)16/h3-4H,2,17H2,1H3. The summed E-state index contributed by atoms with van der Waals surface area (Å²) in [6.07, 6.45) is -10.3. The van der Waals surface area contributed by atoms with Crippen molar-refractivity contribution in [2.75, 3.05) is 5.73 Å². The molecule has 0 heterocycles. The van der Waals surface area contributed by atoms with Crippen molar-refractivity contribution in [2.45, 2.75) is 25.7 Å². The van der Waals surface area contributed by atoms with Gasteiger partial charge in [0, 0.05) is 5.69 Å². The largest absolute Gasteiger partial charge is 0.417 e. The number of nitrogen functional groups attached to an aromatic ring is 1. The first-order valence-corrected chi connectivity index (χ1v) is 4.64. The van der Waals surface area contributed by atoms with Gasteiger partial charge in [-0.05, 0) is 24.1 Å². The van der Waals surface area contributed by atoms with Crippen molar-refractivity contribution < 1.29 is 26.3 Å². The molecule has 0 saturated carbocycles. The molecule has 2 N–H and O–H groups in total. The van der Waals surface area contributed by atoms with Gasteiger partial charge in [0.05, 0.1) is 11.1 Å². The van der Waals surface area contributed by atoms with Crippen molar-refractivity contribution in [3.63, 3.8) is 0 Å². The Morgan fingerprint density at radius 3 is 1.88 bits per heavy atom. The van der Waals surface area contributed by atoms with Crippen LogP contribution in [0.2, 0.25) is 0 Å². The summed E-state index contributed by atoms with van der Waals surface area (Å²) >= 11 is 0. The Kier molecular flexibility index (Phi) is 3.31. The van der Waals surface area contributed by atoms with Gasteiger partial charge in [-0.25, -0.2) is 0 Å². The normalized spacial score (nSPS) is 12.9. The molecule has 96 valence electrons. The van der Waals surface area contributed by atoms with Crippen LogP contribution in [0.4, 0.5) is 32.0 Å². The summed E-state index contributed by atoms with van der Waals surface area (Å²) in [5.41, 5.74) is 1.08. The molecule has 0 unspecified atom stereocenters. The summed E-state index contributed by atoms with van der Waals surface area (Å²) in [5.74, 6) is 0. The van der Waals surface area contributed by atoms with Crippen molar-refractivity contribution in [2.24, 2.45) is 0 Å². The first-order chi connectivity index (χ1) is 7.59. The maximum Gasteiger partial charge on any atom is 0.417 e. The van der Waals surface area contributed by atoms with Crippen molar-refractivity contribution in [1.29, 1.82) is 0 Å². The van der Waals surface area contributed by atoms with Crippen LogP contribution in [0.1, 0.15) is 23.6 Å². The van der Waals surface area contributed by atoms with E-state index in [1.54, 1.807) is 0 Å². The molecule has 1 aromatic carbocycles. The van der Waals surface area contributed by atoms with Gasteiger partial charge in [0.15, 0.2) is 0 Å². The van der Waals surface area contributed by atoms with Crippen LogP contribution in [-0.2, 0) is 18.8 Å². The smallest absolute Gasteiger partial charge is 0.398 e. The topological polar surface area (TPSA) is 26.0 Å². The van der Waals surface area contributed by atoms with E-state index in [0.29, 0.717) is 6.07 Å². The summed E-state index contributed by atoms with van der Waals surface area (Å²) < 4.78 is 75.4. The summed E-state index contributed by atoms with van der Waals surface area (Å²) in [5, 5.41) is 0. The lowest BCUT2D eigenvalue weighted by Gasteiger charge is -2.19. The van der Waals surface area contributed by atoms with Crippen LogP contribution in [0.15, 0.2) is 12.1 Å². The highest BCUT2D eigenvalue weighted by Gasteiger charge is 2.44. The molecular weight excluding hydrogens is 248 g/mol. The molecule has 1 rings (SSSR count). The molecule has 0 aromatic heterocycles. The fourth-order valence-corrected chi connectivity index (χ4v) is 1.60. The van der Waals surface area contributed by atoms with Gasteiger partial charge in [-0.2, -0.15) is 26.3 Å². The van der Waals surface area contributed by atoms with E-state index < -0.39 is 29.0 Å². The van der Waals surface area contributed by atoms with Crippen LogP contribution in [-0.4, -0.2) is 0 Å². The minimum absolute atomic E-state index is 0.218. The van der Waals surface area contributed by atoms with Crippen molar-refractivity contribution in [3.05, 3.63) is 28.8 Å².